The predicted molar refractivity (Wildman–Crippen MR) is 88.5 cm³/mol. The summed E-state index contributed by atoms with van der Waals surface area (Å²) in [6.45, 7) is 6.80. The molecule has 7 heteroatoms. The molecule has 1 heterocycles. The largest absolute Gasteiger partial charge is 0.459 e. The van der Waals surface area contributed by atoms with E-state index in [1.807, 2.05) is 0 Å². The fourth-order valence-corrected chi connectivity index (χ4v) is 6.99. The van der Waals surface area contributed by atoms with Crippen LogP contribution in [0.2, 0.25) is 0 Å². The van der Waals surface area contributed by atoms with Crippen LogP contribution >= 0.6 is 0 Å². The molecule has 1 saturated heterocycles. The smallest absolute Gasteiger partial charge is 0.310 e. The topological polar surface area (TPSA) is 124 Å². The van der Waals surface area contributed by atoms with Gasteiger partial charge in [-0.1, -0.05) is 26.3 Å². The van der Waals surface area contributed by atoms with Crippen LogP contribution in [0.25, 0.3) is 0 Å². The monoisotopic (exact) mass is 366 g/mol. The molecule has 0 spiro atoms. The van der Waals surface area contributed by atoms with Gasteiger partial charge < -0.3 is 25.2 Å². The van der Waals surface area contributed by atoms with Crippen molar-refractivity contribution >= 4 is 11.8 Å². The van der Waals surface area contributed by atoms with Crippen molar-refractivity contribution in [2.75, 3.05) is 0 Å². The molecular formula is C19H26O7. The van der Waals surface area contributed by atoms with Crippen LogP contribution in [-0.2, 0) is 14.3 Å². The summed E-state index contributed by atoms with van der Waals surface area (Å²) in [5.41, 5.74) is -1.65. The molecule has 1 aliphatic heterocycles. The molecule has 0 aromatic rings. The molecule has 3 fully saturated rings. The van der Waals surface area contributed by atoms with Crippen LogP contribution in [0, 0.1) is 34.5 Å². The molecule has 7 nitrogen and oxygen atoms in total. The van der Waals surface area contributed by atoms with Gasteiger partial charge in [-0.2, -0.15) is 0 Å². The molecule has 26 heavy (non-hydrogen) atoms. The zero-order valence-electron chi connectivity index (χ0n) is 15.3. The number of ketones is 1. The van der Waals surface area contributed by atoms with E-state index in [9.17, 15) is 30.0 Å². The molecule has 144 valence electrons. The van der Waals surface area contributed by atoms with E-state index in [0.29, 0.717) is 5.57 Å². The van der Waals surface area contributed by atoms with Crippen LogP contribution in [-0.4, -0.2) is 62.7 Å². The van der Waals surface area contributed by atoms with E-state index in [1.165, 1.54) is 6.08 Å². The highest BCUT2D eigenvalue weighted by atomic mass is 16.6. The number of hydrogen-bond donors (Lipinski definition) is 4. The van der Waals surface area contributed by atoms with Gasteiger partial charge >= 0.3 is 5.97 Å². The Bertz CT molecular complexity index is 717. The van der Waals surface area contributed by atoms with Crippen molar-refractivity contribution in [2.45, 2.75) is 58.2 Å². The molecule has 3 aliphatic carbocycles. The first kappa shape index (κ1) is 18.1. The third kappa shape index (κ3) is 1.73. The molecule has 4 N–H and O–H groups in total. The minimum atomic E-state index is -1.44. The summed E-state index contributed by atoms with van der Waals surface area (Å²) in [5.74, 6) is -3.75. The molecule has 3 unspecified atom stereocenters. The summed E-state index contributed by atoms with van der Waals surface area (Å²) >= 11 is 0. The Morgan fingerprint density at radius 1 is 0.962 bits per heavy atom. The lowest BCUT2D eigenvalue weighted by molar-refractivity contribution is -0.266. The minimum absolute atomic E-state index is 0.488. The maximum absolute atomic E-state index is 12.6. The molecule has 11 atom stereocenters. The zero-order chi connectivity index (χ0) is 19.3. The highest BCUT2D eigenvalue weighted by molar-refractivity contribution is 5.96. The van der Waals surface area contributed by atoms with Crippen LogP contribution in [0.15, 0.2) is 11.6 Å². The lowest BCUT2D eigenvalue weighted by Crippen LogP contribution is -2.74. The number of ether oxygens (including phenoxy) is 1. The second kappa shape index (κ2) is 5.16. The third-order valence-electron chi connectivity index (χ3n) is 7.92. The summed E-state index contributed by atoms with van der Waals surface area (Å²) in [7, 11) is 0. The number of rotatable bonds is 0. The highest BCUT2D eigenvalue weighted by Gasteiger charge is 2.77. The van der Waals surface area contributed by atoms with Gasteiger partial charge in [0, 0.05) is 22.7 Å². The molecule has 0 bridgehead atoms. The lowest BCUT2D eigenvalue weighted by atomic mass is 9.39. The zero-order valence-corrected chi connectivity index (χ0v) is 15.3. The summed E-state index contributed by atoms with van der Waals surface area (Å²) in [5, 5.41) is 43.6. The Kier molecular flexibility index (Phi) is 3.59. The molecule has 0 amide bonds. The molecule has 0 radical (unpaired) electrons. The summed E-state index contributed by atoms with van der Waals surface area (Å²) in [6.07, 6.45) is -4.55. The van der Waals surface area contributed by atoms with Gasteiger partial charge in [-0.3, -0.25) is 9.59 Å². The van der Waals surface area contributed by atoms with Crippen molar-refractivity contribution in [3.05, 3.63) is 11.6 Å². The van der Waals surface area contributed by atoms with E-state index >= 15 is 0 Å². The van der Waals surface area contributed by atoms with Gasteiger partial charge in [0.2, 0.25) is 0 Å². The first-order valence-electron chi connectivity index (χ1n) is 9.13. The van der Waals surface area contributed by atoms with Crippen LogP contribution in [0.5, 0.6) is 0 Å². The van der Waals surface area contributed by atoms with Crippen molar-refractivity contribution in [1.82, 2.24) is 0 Å². The molecular weight excluding hydrogens is 340 g/mol. The van der Waals surface area contributed by atoms with Gasteiger partial charge in [-0.25, -0.2) is 0 Å². The van der Waals surface area contributed by atoms with Crippen molar-refractivity contribution < 1.29 is 34.8 Å². The standard InChI is InChI=1S/C19H26O7/c1-6-5-8(20)15(24)18(3)9(6)12(22)16-19(4)10(17(25)26-16)7(2)11(21)13(23)14(18)19/h5,7,9-16,21-24H,1-4H3/t7-,9?,10?,11-,12-,13-,14?,15-,16-,18+,19+/m1/s1. The van der Waals surface area contributed by atoms with E-state index in [4.69, 9.17) is 4.74 Å². The fraction of sp³-hybridized carbons (Fsp3) is 0.789. The number of carbonyl (C=O) groups excluding carboxylic acids is 2. The second-order valence-electron chi connectivity index (χ2n) is 9.05. The summed E-state index contributed by atoms with van der Waals surface area (Å²) in [6, 6.07) is 0. The number of fused-ring (bicyclic) bond motifs is 2. The first-order chi connectivity index (χ1) is 12.0. The van der Waals surface area contributed by atoms with Gasteiger partial charge in [-0.15, -0.1) is 0 Å². The van der Waals surface area contributed by atoms with Crippen LogP contribution in [0.3, 0.4) is 0 Å². The quantitative estimate of drug-likeness (QED) is 0.422. The van der Waals surface area contributed by atoms with Crippen LogP contribution in [0.4, 0.5) is 0 Å². The maximum atomic E-state index is 12.6. The molecule has 0 aromatic carbocycles. The number of aliphatic hydroxyl groups excluding tert-OH is 4. The van der Waals surface area contributed by atoms with Gasteiger partial charge in [-0.05, 0) is 18.9 Å². The molecule has 0 aromatic heterocycles. The average Bonchev–Trinajstić information content (AvgIpc) is 2.81. The number of aliphatic hydroxyl groups is 4. The van der Waals surface area contributed by atoms with Gasteiger partial charge in [0.25, 0.3) is 0 Å². The summed E-state index contributed by atoms with van der Waals surface area (Å²) < 4.78 is 5.56. The Balaban J connectivity index is 2.00. The Hall–Kier alpha value is -1.28. The Morgan fingerprint density at radius 2 is 1.58 bits per heavy atom. The van der Waals surface area contributed by atoms with Crippen LogP contribution in [0.1, 0.15) is 27.7 Å². The van der Waals surface area contributed by atoms with Gasteiger partial charge in [0.1, 0.15) is 12.2 Å². The van der Waals surface area contributed by atoms with Crippen molar-refractivity contribution in [1.29, 1.82) is 0 Å². The third-order valence-corrected chi connectivity index (χ3v) is 7.92. The Labute approximate surface area is 151 Å². The Morgan fingerprint density at radius 3 is 2.19 bits per heavy atom. The number of esters is 1. The summed E-state index contributed by atoms with van der Waals surface area (Å²) in [4.78, 5) is 25.0. The molecule has 4 aliphatic rings. The van der Waals surface area contributed by atoms with Crippen molar-refractivity contribution in [2.24, 2.45) is 34.5 Å². The predicted octanol–water partition coefficient (Wildman–Crippen LogP) is -0.591. The van der Waals surface area contributed by atoms with Gasteiger partial charge in [0.05, 0.1) is 24.2 Å². The average molecular weight is 366 g/mol. The second-order valence-corrected chi connectivity index (χ2v) is 9.05. The number of hydrogen-bond acceptors (Lipinski definition) is 7. The normalized spacial score (nSPS) is 58.6. The lowest BCUT2D eigenvalue weighted by Gasteiger charge is -2.65. The minimum Gasteiger partial charge on any atom is -0.459 e. The van der Waals surface area contributed by atoms with E-state index in [2.05, 4.69) is 0 Å². The highest BCUT2D eigenvalue weighted by Crippen LogP contribution is 2.68. The SMILES string of the molecule is CC1=CC(=O)[C@@H](O)[C@@]2(C)C1[C@@H](O)[C@H]1OC(=O)C3[C@@H](C)[C@@H](O)[C@@H](O)C2[C@]31C. The van der Waals surface area contributed by atoms with E-state index in [1.54, 1.807) is 27.7 Å². The molecule has 4 rings (SSSR count). The van der Waals surface area contributed by atoms with E-state index in [0.717, 1.165) is 0 Å². The maximum Gasteiger partial charge on any atom is 0.310 e. The fourth-order valence-electron chi connectivity index (χ4n) is 6.99. The van der Waals surface area contributed by atoms with Crippen molar-refractivity contribution in [3.8, 4) is 0 Å². The van der Waals surface area contributed by atoms with Crippen LogP contribution < -0.4 is 0 Å². The molecule has 2 saturated carbocycles. The van der Waals surface area contributed by atoms with E-state index in [-0.39, 0.29) is 0 Å². The number of carbonyl (C=O) groups is 2. The van der Waals surface area contributed by atoms with Crippen molar-refractivity contribution in [3.63, 3.8) is 0 Å². The van der Waals surface area contributed by atoms with Gasteiger partial charge in [0.15, 0.2) is 5.78 Å². The van der Waals surface area contributed by atoms with E-state index < -0.39 is 76.8 Å². The first-order valence-corrected chi connectivity index (χ1v) is 9.13.